The first-order chi connectivity index (χ1) is 20.4. The molecule has 0 aliphatic rings. The summed E-state index contributed by atoms with van der Waals surface area (Å²) in [6, 6.07) is 17.0. The van der Waals surface area contributed by atoms with Gasteiger partial charge in [-0.25, -0.2) is 13.6 Å². The summed E-state index contributed by atoms with van der Waals surface area (Å²) in [6.45, 7) is 8.21. The number of halogens is 2. The van der Waals surface area contributed by atoms with Crippen molar-refractivity contribution in [3.05, 3.63) is 107 Å². The summed E-state index contributed by atoms with van der Waals surface area (Å²) in [4.78, 5) is 54.7. The third-order valence-corrected chi connectivity index (χ3v) is 7.35. The fourth-order valence-electron chi connectivity index (χ4n) is 5.08. The molecule has 0 aromatic heterocycles. The number of hydrogen-bond donors (Lipinski definition) is 2. The zero-order valence-electron chi connectivity index (χ0n) is 25.0. The Labute approximate surface area is 251 Å². The number of Topliss-reactive ketones (excluding diaryl/α,β-unsaturated/α-hetero) is 2. The minimum atomic E-state index is -2.39. The van der Waals surface area contributed by atoms with Crippen LogP contribution in [0, 0.1) is 23.5 Å². The molecule has 0 bridgehead atoms. The molecule has 9 heteroatoms. The number of carbonyl (C=O) groups is 4. The summed E-state index contributed by atoms with van der Waals surface area (Å²) in [6.07, 6.45) is -1.05. The fraction of sp³-hybridized carbons (Fsp3) is 0.353. The Kier molecular flexibility index (Phi) is 11.3. The van der Waals surface area contributed by atoms with Crippen molar-refractivity contribution in [2.24, 2.45) is 11.8 Å². The molecule has 0 aliphatic heterocycles. The van der Waals surface area contributed by atoms with Gasteiger partial charge in [-0.2, -0.15) is 0 Å². The SMILES string of the molecule is CCC(=O)C(C(=O)C(NC(=O)[C@@H](NC(=O)OCc1ccccc1)C(C)C)C(C)C)(c1ccccc1F)c1ccccc1F. The van der Waals surface area contributed by atoms with Crippen molar-refractivity contribution in [3.63, 3.8) is 0 Å². The second kappa shape index (κ2) is 14.7. The van der Waals surface area contributed by atoms with E-state index < -0.39 is 64.5 Å². The molecule has 43 heavy (non-hydrogen) atoms. The molecule has 0 radical (unpaired) electrons. The van der Waals surface area contributed by atoms with E-state index in [1.165, 1.54) is 43.3 Å². The zero-order valence-corrected chi connectivity index (χ0v) is 25.0. The molecule has 0 spiro atoms. The van der Waals surface area contributed by atoms with Crippen molar-refractivity contribution in [3.8, 4) is 0 Å². The number of alkyl carbamates (subject to hydrolysis) is 1. The molecule has 2 N–H and O–H groups in total. The minimum Gasteiger partial charge on any atom is -0.445 e. The average molecular weight is 593 g/mol. The Morgan fingerprint density at radius 1 is 0.721 bits per heavy atom. The predicted molar refractivity (Wildman–Crippen MR) is 159 cm³/mol. The molecule has 0 aliphatic carbocycles. The standard InChI is InChI=1S/C34H38F2N2O5/c1-6-28(39)34(24-16-10-12-18-26(24)35,25-17-11-13-19-27(25)36)31(40)29(21(2)3)37-32(41)30(22(4)5)38-33(42)43-20-23-14-8-7-9-15-23/h7-19,21-22,29-30H,6,20H2,1-5H3,(H,37,41)(H,38,42)/t29?,30-/m0/s1. The third kappa shape index (κ3) is 7.34. The number of carbonyl (C=O) groups excluding carboxylic acids is 4. The molecular formula is C34H38F2N2O5. The van der Waals surface area contributed by atoms with Gasteiger partial charge in [0.15, 0.2) is 11.6 Å². The van der Waals surface area contributed by atoms with E-state index in [4.69, 9.17) is 4.74 Å². The molecule has 0 saturated heterocycles. The average Bonchev–Trinajstić information content (AvgIpc) is 2.99. The molecule has 0 saturated carbocycles. The minimum absolute atomic E-state index is 0.0147. The second-order valence-electron chi connectivity index (χ2n) is 11.0. The van der Waals surface area contributed by atoms with Crippen LogP contribution in [0.5, 0.6) is 0 Å². The maximum Gasteiger partial charge on any atom is 0.408 e. The molecular weight excluding hydrogens is 554 g/mol. The van der Waals surface area contributed by atoms with Crippen LogP contribution in [0.3, 0.4) is 0 Å². The van der Waals surface area contributed by atoms with E-state index in [-0.39, 0.29) is 24.2 Å². The molecule has 2 atom stereocenters. The quantitative estimate of drug-likeness (QED) is 0.241. The maximum atomic E-state index is 15.5. The first kappa shape index (κ1) is 33.1. The normalized spacial score (nSPS) is 12.9. The predicted octanol–water partition coefficient (Wildman–Crippen LogP) is 5.89. The summed E-state index contributed by atoms with van der Waals surface area (Å²) >= 11 is 0. The highest BCUT2D eigenvalue weighted by atomic mass is 19.1. The molecule has 0 heterocycles. The van der Waals surface area contributed by atoms with Gasteiger partial charge >= 0.3 is 6.09 Å². The van der Waals surface area contributed by atoms with Crippen LogP contribution in [0.2, 0.25) is 0 Å². The van der Waals surface area contributed by atoms with E-state index in [0.717, 1.165) is 17.7 Å². The van der Waals surface area contributed by atoms with Gasteiger partial charge in [0.05, 0.1) is 6.04 Å². The third-order valence-electron chi connectivity index (χ3n) is 7.35. The van der Waals surface area contributed by atoms with Crippen LogP contribution < -0.4 is 10.6 Å². The number of ether oxygens (including phenoxy) is 1. The van der Waals surface area contributed by atoms with Crippen molar-refractivity contribution in [1.29, 1.82) is 0 Å². The molecule has 228 valence electrons. The first-order valence-corrected chi connectivity index (χ1v) is 14.3. The van der Waals surface area contributed by atoms with Crippen LogP contribution in [0.15, 0.2) is 78.9 Å². The maximum absolute atomic E-state index is 15.5. The zero-order chi connectivity index (χ0) is 31.7. The summed E-state index contributed by atoms with van der Waals surface area (Å²) in [5, 5.41) is 5.24. The molecule has 2 amide bonds. The van der Waals surface area contributed by atoms with Gasteiger partial charge in [-0.3, -0.25) is 14.4 Å². The van der Waals surface area contributed by atoms with Gasteiger partial charge in [0.2, 0.25) is 5.91 Å². The molecule has 3 aromatic rings. The van der Waals surface area contributed by atoms with Crippen LogP contribution >= 0.6 is 0 Å². The van der Waals surface area contributed by atoms with E-state index in [9.17, 15) is 19.2 Å². The highest BCUT2D eigenvalue weighted by Crippen LogP contribution is 2.40. The molecule has 0 fully saturated rings. The van der Waals surface area contributed by atoms with E-state index >= 15 is 8.78 Å². The Morgan fingerprint density at radius 3 is 1.67 bits per heavy atom. The van der Waals surface area contributed by atoms with Gasteiger partial charge in [0.1, 0.15) is 29.7 Å². The van der Waals surface area contributed by atoms with Crippen molar-refractivity contribution in [1.82, 2.24) is 10.6 Å². The number of ketones is 2. The Hall–Kier alpha value is -4.40. The van der Waals surface area contributed by atoms with Crippen molar-refractivity contribution < 1.29 is 32.7 Å². The summed E-state index contributed by atoms with van der Waals surface area (Å²) in [5.74, 6) is -5.07. The fourth-order valence-corrected chi connectivity index (χ4v) is 5.08. The highest BCUT2D eigenvalue weighted by Gasteiger charge is 2.53. The van der Waals surface area contributed by atoms with Gasteiger partial charge in [0, 0.05) is 17.5 Å². The summed E-state index contributed by atoms with van der Waals surface area (Å²) in [7, 11) is 0. The van der Waals surface area contributed by atoms with E-state index in [1.54, 1.807) is 52.0 Å². The van der Waals surface area contributed by atoms with Crippen LogP contribution in [0.1, 0.15) is 57.7 Å². The van der Waals surface area contributed by atoms with Crippen LogP contribution in [-0.2, 0) is 31.1 Å². The van der Waals surface area contributed by atoms with E-state index in [1.807, 2.05) is 6.07 Å². The number of hydrogen-bond acceptors (Lipinski definition) is 5. The smallest absolute Gasteiger partial charge is 0.408 e. The van der Waals surface area contributed by atoms with Gasteiger partial charge in [-0.05, 0) is 29.5 Å². The van der Waals surface area contributed by atoms with Crippen LogP contribution in [0.4, 0.5) is 13.6 Å². The van der Waals surface area contributed by atoms with E-state index in [2.05, 4.69) is 10.6 Å². The largest absolute Gasteiger partial charge is 0.445 e. The Balaban J connectivity index is 2.01. The monoisotopic (exact) mass is 592 g/mol. The van der Waals surface area contributed by atoms with Gasteiger partial charge in [0.25, 0.3) is 0 Å². The Bertz CT molecular complexity index is 1400. The topological polar surface area (TPSA) is 102 Å². The van der Waals surface area contributed by atoms with Crippen LogP contribution in [-0.4, -0.2) is 35.7 Å². The molecule has 3 rings (SSSR count). The lowest BCUT2D eigenvalue weighted by Gasteiger charge is -2.37. The number of amides is 2. The van der Waals surface area contributed by atoms with Gasteiger partial charge in [-0.1, -0.05) is 101 Å². The summed E-state index contributed by atoms with van der Waals surface area (Å²) in [5.41, 5.74) is -2.24. The molecule has 1 unspecified atom stereocenters. The van der Waals surface area contributed by atoms with Crippen molar-refractivity contribution >= 4 is 23.6 Å². The van der Waals surface area contributed by atoms with Gasteiger partial charge in [-0.15, -0.1) is 0 Å². The highest BCUT2D eigenvalue weighted by molar-refractivity contribution is 6.18. The van der Waals surface area contributed by atoms with E-state index in [0.29, 0.717) is 0 Å². The van der Waals surface area contributed by atoms with Crippen molar-refractivity contribution in [2.45, 2.75) is 65.1 Å². The van der Waals surface area contributed by atoms with Crippen molar-refractivity contribution in [2.75, 3.05) is 0 Å². The number of rotatable bonds is 13. The number of benzene rings is 3. The first-order valence-electron chi connectivity index (χ1n) is 14.3. The Morgan fingerprint density at radius 2 is 1.21 bits per heavy atom. The lowest BCUT2D eigenvalue weighted by molar-refractivity contribution is -0.138. The lowest BCUT2D eigenvalue weighted by atomic mass is 9.64. The molecule has 7 nitrogen and oxygen atoms in total. The van der Waals surface area contributed by atoms with Gasteiger partial charge < -0.3 is 15.4 Å². The lowest BCUT2D eigenvalue weighted by Crippen LogP contribution is -2.60. The van der Waals surface area contributed by atoms with Crippen LogP contribution in [0.25, 0.3) is 0 Å². The second-order valence-corrected chi connectivity index (χ2v) is 11.0. The number of nitrogens with one attached hydrogen (secondary N) is 2. The summed E-state index contributed by atoms with van der Waals surface area (Å²) < 4.78 is 36.2. The molecule has 3 aromatic carbocycles.